The molecule has 3 fully saturated rings. The number of phosphoric ester groups is 2. The lowest BCUT2D eigenvalue weighted by molar-refractivity contribution is -0.0670. The van der Waals surface area contributed by atoms with E-state index in [1.807, 2.05) is 0 Å². The van der Waals surface area contributed by atoms with Crippen LogP contribution in [0.5, 0.6) is 0 Å². The van der Waals surface area contributed by atoms with Gasteiger partial charge in [-0.1, -0.05) is 0 Å². The number of aromatic nitrogens is 7. The smallest absolute Gasteiger partial charge is 0.395 e. The molecule has 3 aliphatic heterocycles. The summed E-state index contributed by atoms with van der Waals surface area (Å²) in [7, 11) is -10.2. The highest BCUT2D eigenvalue weighted by Crippen LogP contribution is 2.53. The minimum absolute atomic E-state index is 0.102. The number of imidazole rings is 1. The number of hydrogen-bond donors (Lipinski definition) is 7. The van der Waals surface area contributed by atoms with Gasteiger partial charge < -0.3 is 49.4 Å². The highest BCUT2D eigenvalue weighted by molar-refractivity contribution is 7.47. The van der Waals surface area contributed by atoms with Gasteiger partial charge in [-0.25, -0.2) is 29.1 Å². The lowest BCUT2D eigenvalue weighted by Gasteiger charge is -2.26. The Morgan fingerprint density at radius 1 is 0.958 bits per heavy atom. The van der Waals surface area contributed by atoms with Crippen molar-refractivity contribution in [3.05, 3.63) is 41.1 Å². The molecule has 0 aromatic carbocycles. The first-order valence-electron chi connectivity index (χ1n) is 14.4. The predicted molar refractivity (Wildman–Crippen MR) is 157 cm³/mol. The number of nitrogens with zero attached hydrogens (tertiary/aromatic N) is 6. The zero-order valence-electron chi connectivity index (χ0n) is 24.7. The second kappa shape index (κ2) is 12.6. The molecule has 10 atom stereocenters. The second-order valence-electron chi connectivity index (χ2n) is 11.1. The average molecular weight is 716 g/mol. The molecule has 7 N–H and O–H groups in total. The maximum atomic E-state index is 13.3. The minimum atomic E-state index is -5.09. The fourth-order valence-corrected chi connectivity index (χ4v) is 7.71. The van der Waals surface area contributed by atoms with Crippen LogP contribution in [0.4, 0.5) is 5.82 Å². The van der Waals surface area contributed by atoms with E-state index in [-0.39, 0.29) is 47.0 Å². The number of aliphatic hydroxyl groups excluding tert-OH is 3. The van der Waals surface area contributed by atoms with E-state index in [0.29, 0.717) is 0 Å². The number of nitrogens with one attached hydrogen (secondary N) is 2. The van der Waals surface area contributed by atoms with Gasteiger partial charge in [-0.15, -0.1) is 0 Å². The van der Waals surface area contributed by atoms with E-state index in [2.05, 4.69) is 30.2 Å². The molecule has 7 heterocycles. The van der Waals surface area contributed by atoms with E-state index in [1.54, 1.807) is 0 Å². The van der Waals surface area contributed by atoms with Crippen LogP contribution in [0.1, 0.15) is 18.3 Å². The summed E-state index contributed by atoms with van der Waals surface area (Å²) in [5.41, 5.74) is 0.0528. The molecule has 48 heavy (non-hydrogen) atoms. The Kier molecular flexibility index (Phi) is 8.74. The van der Waals surface area contributed by atoms with Crippen molar-refractivity contribution in [2.24, 2.45) is 0 Å². The number of ether oxygens (including phenoxy) is 2. The third kappa shape index (κ3) is 6.09. The summed E-state index contributed by atoms with van der Waals surface area (Å²) in [5, 5.41) is 34.5. The Labute approximate surface area is 268 Å². The van der Waals surface area contributed by atoms with Crippen molar-refractivity contribution < 1.29 is 61.8 Å². The van der Waals surface area contributed by atoms with E-state index in [0.717, 1.165) is 0 Å². The molecule has 0 aliphatic carbocycles. The molecule has 0 spiro atoms. The lowest BCUT2D eigenvalue weighted by Crippen LogP contribution is -2.36. The normalized spacial score (nSPS) is 36.0. The molecule has 3 saturated heterocycles. The Morgan fingerprint density at radius 3 is 2.42 bits per heavy atom. The van der Waals surface area contributed by atoms with Gasteiger partial charge in [-0.2, -0.15) is 0 Å². The topological polar surface area (TPSA) is 297 Å². The maximum Gasteiger partial charge on any atom is 0.472 e. The van der Waals surface area contributed by atoms with Crippen LogP contribution in [0, 0.1) is 6.92 Å². The van der Waals surface area contributed by atoms with E-state index >= 15 is 0 Å². The van der Waals surface area contributed by atoms with Crippen LogP contribution in [-0.2, 0) is 36.7 Å². The Bertz CT molecular complexity index is 1990. The minimum Gasteiger partial charge on any atom is -0.395 e. The Morgan fingerprint density at radius 2 is 1.67 bits per heavy atom. The molecule has 22 nitrogen and oxygen atoms in total. The molecule has 0 amide bonds. The molecule has 24 heteroatoms. The van der Waals surface area contributed by atoms with Gasteiger partial charge in [-0.05, 0) is 13.0 Å². The summed E-state index contributed by atoms with van der Waals surface area (Å²) in [6.45, 7) is -0.0882. The number of phosphoric acid groups is 2. The van der Waals surface area contributed by atoms with E-state index in [9.17, 15) is 33.9 Å². The number of anilines is 1. The summed E-state index contributed by atoms with van der Waals surface area (Å²) in [6, 6.07) is 1.42. The molecule has 0 saturated carbocycles. The number of hydrogen-bond acceptors (Lipinski definition) is 17. The number of rotatable bonds is 5. The predicted octanol–water partition coefficient (Wildman–Crippen LogP) is -1.19. The second-order valence-corrected chi connectivity index (χ2v) is 13.9. The number of aryl methyl sites for hydroxylation is 1. The average Bonchev–Trinajstić information content (AvgIpc) is 3.79. The fraction of sp³-hybridized carbons (Fsp3) is 0.542. The number of fused-ring (bicyclic) bond motifs is 5. The first-order chi connectivity index (χ1) is 22.9. The molecule has 0 radical (unpaired) electrons. The maximum absolute atomic E-state index is 13.3. The highest BCUT2D eigenvalue weighted by Gasteiger charge is 2.54. The zero-order valence-corrected chi connectivity index (χ0v) is 26.5. The van der Waals surface area contributed by atoms with Crippen LogP contribution in [-0.4, -0.2) is 122 Å². The van der Waals surface area contributed by atoms with Gasteiger partial charge in [0, 0.05) is 12.7 Å². The molecule has 4 unspecified atom stereocenters. The third-order valence-electron chi connectivity index (χ3n) is 7.95. The van der Waals surface area contributed by atoms with E-state index in [4.69, 9.17) is 32.7 Å². The van der Waals surface area contributed by atoms with Gasteiger partial charge in [0.1, 0.15) is 54.4 Å². The highest BCUT2D eigenvalue weighted by atomic mass is 31.2. The first kappa shape index (κ1) is 33.3. The summed E-state index contributed by atoms with van der Waals surface area (Å²) >= 11 is 0. The SMILES string of the molecule is Cc1nc2c(ccn2[C@@H]2O[C@@H]3COP(=O)(O)O[C@@H]4C(O)[C@H](n5cnc6c(NCCO)ncnc65)O[C@@H]4COP(=O)(O)O[C@H]2C3O)c(=O)[nH]1. The summed E-state index contributed by atoms with van der Waals surface area (Å²) in [5.74, 6) is 0.526. The number of aliphatic hydroxyl groups is 3. The van der Waals surface area contributed by atoms with Crippen molar-refractivity contribution in [2.45, 2.75) is 56.0 Å². The summed E-state index contributed by atoms with van der Waals surface area (Å²) < 4.78 is 61.9. The van der Waals surface area contributed by atoms with Crippen LogP contribution in [0.15, 0.2) is 29.7 Å². The standard InChI is InChI=1S/C24H30N8O14P2/c1-10-29-20-11(22(36)30-10)2-4-31(20)24-18-15(34)12(43-24)6-41-47(37,38)45-17-13(7-42-48(39,40)46-18)44-23(16(17)35)32-9-28-14-19(25-3-5-33)26-8-27-21(14)32/h2,4,8-9,12-13,15-18,23-24,33-35H,3,5-7H2,1H3,(H,37,38)(H,39,40)(H,25,26,27)(H,29,30,36)/t12-,13-,15?,16?,17+,18+,23-,24-/m1/s1. The summed E-state index contributed by atoms with van der Waals surface area (Å²) in [6.07, 6.45) is -8.54. The van der Waals surface area contributed by atoms with Gasteiger partial charge in [0.25, 0.3) is 5.56 Å². The molecule has 4 aromatic rings. The molecule has 3 aliphatic rings. The molecular weight excluding hydrogens is 686 g/mol. The molecule has 260 valence electrons. The number of H-pyrrole nitrogens is 1. The van der Waals surface area contributed by atoms with Crippen LogP contribution in [0.3, 0.4) is 0 Å². The van der Waals surface area contributed by atoms with Crippen molar-refractivity contribution in [3.8, 4) is 0 Å². The summed E-state index contributed by atoms with van der Waals surface area (Å²) in [4.78, 5) is 53.3. The van der Waals surface area contributed by atoms with Gasteiger partial charge >= 0.3 is 15.6 Å². The van der Waals surface area contributed by atoms with Gasteiger partial charge in [0.05, 0.1) is 31.5 Å². The molecule has 7 rings (SSSR count). The quantitative estimate of drug-likeness (QED) is 0.119. The van der Waals surface area contributed by atoms with Gasteiger partial charge in [-0.3, -0.25) is 27.5 Å². The van der Waals surface area contributed by atoms with E-state index < -0.39 is 83.5 Å². The van der Waals surface area contributed by atoms with Crippen LogP contribution < -0.4 is 10.9 Å². The van der Waals surface area contributed by atoms with Crippen molar-refractivity contribution >= 4 is 43.7 Å². The Balaban J connectivity index is 1.19. The lowest BCUT2D eigenvalue weighted by atomic mass is 10.1. The largest absolute Gasteiger partial charge is 0.472 e. The number of aromatic amines is 1. The first-order valence-corrected chi connectivity index (χ1v) is 17.4. The van der Waals surface area contributed by atoms with Crippen LogP contribution in [0.2, 0.25) is 0 Å². The monoisotopic (exact) mass is 716 g/mol. The third-order valence-corrected chi connectivity index (χ3v) is 9.92. The van der Waals surface area contributed by atoms with Crippen LogP contribution in [0.25, 0.3) is 22.2 Å². The molecule has 4 aromatic heterocycles. The van der Waals surface area contributed by atoms with Gasteiger partial charge in [0.15, 0.2) is 29.4 Å². The Hall–Kier alpha value is -3.21. The van der Waals surface area contributed by atoms with E-state index in [1.165, 1.54) is 41.0 Å². The van der Waals surface area contributed by atoms with Crippen molar-refractivity contribution in [1.29, 1.82) is 0 Å². The van der Waals surface area contributed by atoms with Gasteiger partial charge in [0.2, 0.25) is 0 Å². The van der Waals surface area contributed by atoms with Crippen LogP contribution >= 0.6 is 15.6 Å². The zero-order chi connectivity index (χ0) is 34.0. The van der Waals surface area contributed by atoms with Crippen molar-refractivity contribution in [2.75, 3.05) is 31.7 Å². The molecule has 2 bridgehead atoms. The molecular formula is C24H30N8O14P2. The van der Waals surface area contributed by atoms with Crippen molar-refractivity contribution in [3.63, 3.8) is 0 Å². The van der Waals surface area contributed by atoms with Crippen molar-refractivity contribution in [1.82, 2.24) is 34.1 Å². The fourth-order valence-electron chi connectivity index (χ4n) is 5.81.